The van der Waals surface area contributed by atoms with Crippen LogP contribution in [0, 0.1) is 0 Å². The molecule has 0 aliphatic carbocycles. The molecular weight excluding hydrogens is 386 g/mol. The summed E-state index contributed by atoms with van der Waals surface area (Å²) in [7, 11) is -3.87. The highest BCUT2D eigenvalue weighted by Crippen LogP contribution is 2.17. The van der Waals surface area contributed by atoms with Gasteiger partial charge in [0.1, 0.15) is 11.5 Å². The molecule has 0 saturated carbocycles. The number of sulfonamides is 1. The first-order valence-corrected chi connectivity index (χ1v) is 8.90. The predicted octanol–water partition coefficient (Wildman–Crippen LogP) is 2.30. The molecule has 1 amide bonds. The minimum absolute atomic E-state index is 0.110. The van der Waals surface area contributed by atoms with Crippen LogP contribution >= 0.6 is 15.9 Å². The normalized spacial score (nSPS) is 14.4. The fourth-order valence-corrected chi connectivity index (χ4v) is 3.50. The Morgan fingerprint density at radius 2 is 1.83 bits per heavy atom. The van der Waals surface area contributed by atoms with Gasteiger partial charge in [-0.3, -0.25) is 14.1 Å². The second-order valence-electron chi connectivity index (χ2n) is 4.80. The average Bonchev–Trinajstić information content (AvgIpc) is 2.97. The number of aromatic nitrogens is 1. The number of Topliss-reactive ketones (excluding diaryl/α,β-unsaturated/α-hetero) is 1. The Morgan fingerprint density at radius 1 is 1.13 bits per heavy atom. The number of aliphatic imine (C=N–C) groups is 1. The molecule has 0 spiro atoms. The molecule has 0 unspecified atom stereocenters. The van der Waals surface area contributed by atoms with Crippen molar-refractivity contribution in [3.8, 4) is 0 Å². The van der Waals surface area contributed by atoms with Gasteiger partial charge in [0.05, 0.1) is 5.69 Å². The number of carbonyl (C=O) groups excluding carboxylic acids is 2. The maximum absolute atomic E-state index is 12.2. The van der Waals surface area contributed by atoms with E-state index in [1.165, 1.54) is 18.3 Å². The van der Waals surface area contributed by atoms with Crippen molar-refractivity contribution in [3.63, 3.8) is 0 Å². The van der Waals surface area contributed by atoms with Crippen LogP contribution < -0.4 is 4.72 Å². The van der Waals surface area contributed by atoms with E-state index in [1.54, 1.807) is 24.3 Å². The monoisotopic (exact) mass is 395 g/mol. The van der Waals surface area contributed by atoms with Gasteiger partial charge < -0.3 is 0 Å². The van der Waals surface area contributed by atoms with Crippen LogP contribution in [0.25, 0.3) is 0 Å². The Hall–Kier alpha value is -2.26. The number of nitrogens with zero attached hydrogens (tertiary/aromatic N) is 2. The Morgan fingerprint density at radius 3 is 2.52 bits per heavy atom. The van der Waals surface area contributed by atoms with E-state index in [9.17, 15) is 18.0 Å². The van der Waals surface area contributed by atoms with Crippen LogP contribution in [0.1, 0.15) is 10.5 Å². The number of ketones is 1. The molecular formula is C14H10BrN3O4S. The first-order chi connectivity index (χ1) is 10.9. The standard InChI is InChI=1S/C14H10BrN3O4S/c15-9-3-5-10(6-4-9)17-23(21,22)8-11-13(19)12-2-1-7-18(12)14(20)16-11/h1-7,17H,8H2. The van der Waals surface area contributed by atoms with E-state index in [0.29, 0.717) is 5.69 Å². The van der Waals surface area contributed by atoms with Crippen molar-refractivity contribution in [2.45, 2.75) is 0 Å². The third kappa shape index (κ3) is 3.25. The molecule has 0 bridgehead atoms. The summed E-state index contributed by atoms with van der Waals surface area (Å²) >= 11 is 3.25. The molecule has 2 aromatic rings. The van der Waals surface area contributed by atoms with E-state index in [-0.39, 0.29) is 11.4 Å². The van der Waals surface area contributed by atoms with E-state index in [2.05, 4.69) is 25.6 Å². The summed E-state index contributed by atoms with van der Waals surface area (Å²) in [5.41, 5.74) is 0.163. The molecule has 1 N–H and O–H groups in total. The van der Waals surface area contributed by atoms with Crippen molar-refractivity contribution in [2.24, 2.45) is 4.99 Å². The third-order valence-corrected chi connectivity index (χ3v) is 4.85. The smallest absolute Gasteiger partial charge is 0.285 e. The van der Waals surface area contributed by atoms with Crippen LogP contribution in [-0.2, 0) is 10.0 Å². The first kappa shape index (κ1) is 15.6. The summed E-state index contributed by atoms with van der Waals surface area (Å²) < 4.78 is 28.6. The zero-order valence-electron chi connectivity index (χ0n) is 11.6. The second-order valence-corrected chi connectivity index (χ2v) is 7.44. The lowest BCUT2D eigenvalue weighted by atomic mass is 10.2. The summed E-state index contributed by atoms with van der Waals surface area (Å²) in [4.78, 5) is 27.6. The number of carbonyl (C=O) groups is 2. The molecule has 1 aromatic carbocycles. The Bertz CT molecular complexity index is 929. The Kier molecular flexibility index (Phi) is 3.90. The van der Waals surface area contributed by atoms with Crippen molar-refractivity contribution in [1.82, 2.24) is 4.57 Å². The van der Waals surface area contributed by atoms with Crippen LogP contribution in [0.2, 0.25) is 0 Å². The lowest BCUT2D eigenvalue weighted by Gasteiger charge is -2.14. The highest BCUT2D eigenvalue weighted by atomic mass is 79.9. The summed E-state index contributed by atoms with van der Waals surface area (Å²) in [6, 6.07) is 8.79. The zero-order valence-corrected chi connectivity index (χ0v) is 14.0. The molecule has 0 saturated heterocycles. The number of anilines is 1. The molecule has 3 rings (SSSR count). The molecule has 7 nitrogen and oxygen atoms in total. The van der Waals surface area contributed by atoms with E-state index in [4.69, 9.17) is 0 Å². The van der Waals surface area contributed by atoms with Crippen LogP contribution in [-0.4, -0.2) is 36.3 Å². The fourth-order valence-electron chi connectivity index (χ4n) is 2.11. The van der Waals surface area contributed by atoms with Crippen molar-refractivity contribution >= 4 is 49.2 Å². The van der Waals surface area contributed by atoms with E-state index < -0.39 is 27.6 Å². The van der Waals surface area contributed by atoms with Crippen LogP contribution in [0.15, 0.2) is 52.1 Å². The number of rotatable bonds is 4. The van der Waals surface area contributed by atoms with E-state index in [1.807, 2.05) is 0 Å². The predicted molar refractivity (Wildman–Crippen MR) is 88.5 cm³/mol. The van der Waals surface area contributed by atoms with Crippen LogP contribution in [0.3, 0.4) is 0 Å². The molecule has 0 atom stereocenters. The Balaban J connectivity index is 1.82. The van der Waals surface area contributed by atoms with Crippen LogP contribution in [0.5, 0.6) is 0 Å². The Labute approximate surface area is 140 Å². The van der Waals surface area contributed by atoms with Gasteiger partial charge in [0.15, 0.2) is 0 Å². The average molecular weight is 396 g/mol. The molecule has 2 heterocycles. The number of hydrogen-bond acceptors (Lipinski definition) is 4. The molecule has 118 valence electrons. The first-order valence-electron chi connectivity index (χ1n) is 6.46. The fraction of sp³-hybridized carbons (Fsp3) is 0.0714. The zero-order chi connectivity index (χ0) is 16.6. The van der Waals surface area contributed by atoms with Gasteiger partial charge >= 0.3 is 6.03 Å². The quantitative estimate of drug-likeness (QED) is 0.858. The number of amides is 1. The van der Waals surface area contributed by atoms with E-state index >= 15 is 0 Å². The van der Waals surface area contributed by atoms with Gasteiger partial charge in [0.25, 0.3) is 0 Å². The topological polar surface area (TPSA) is 97.6 Å². The number of benzene rings is 1. The van der Waals surface area contributed by atoms with Crippen molar-refractivity contribution < 1.29 is 18.0 Å². The van der Waals surface area contributed by atoms with Gasteiger partial charge in [-0.15, -0.1) is 0 Å². The van der Waals surface area contributed by atoms with Gasteiger partial charge in [-0.25, -0.2) is 13.2 Å². The number of nitrogens with one attached hydrogen (secondary N) is 1. The van der Waals surface area contributed by atoms with Gasteiger partial charge in [-0.2, -0.15) is 4.99 Å². The number of halogens is 1. The third-order valence-electron chi connectivity index (χ3n) is 3.12. The van der Waals surface area contributed by atoms with Crippen molar-refractivity contribution in [3.05, 3.63) is 52.8 Å². The maximum atomic E-state index is 12.2. The minimum atomic E-state index is -3.87. The molecule has 1 aliphatic heterocycles. The largest absolute Gasteiger partial charge is 0.352 e. The minimum Gasteiger partial charge on any atom is -0.285 e. The lowest BCUT2D eigenvalue weighted by Crippen LogP contribution is -2.34. The number of hydrogen-bond donors (Lipinski definition) is 1. The molecule has 1 aromatic heterocycles. The van der Waals surface area contributed by atoms with Crippen LogP contribution in [0.4, 0.5) is 10.5 Å². The maximum Gasteiger partial charge on any atom is 0.352 e. The van der Waals surface area contributed by atoms with E-state index in [0.717, 1.165) is 9.04 Å². The molecule has 23 heavy (non-hydrogen) atoms. The molecule has 1 aliphatic rings. The second kappa shape index (κ2) is 5.74. The summed E-state index contributed by atoms with van der Waals surface area (Å²) in [6.07, 6.45) is 1.41. The van der Waals surface area contributed by atoms with Gasteiger partial charge in [0.2, 0.25) is 15.8 Å². The molecule has 0 radical (unpaired) electrons. The van der Waals surface area contributed by atoms with Gasteiger partial charge in [-0.1, -0.05) is 15.9 Å². The van der Waals surface area contributed by atoms with Gasteiger partial charge in [0, 0.05) is 16.4 Å². The molecule has 9 heteroatoms. The summed E-state index contributed by atoms with van der Waals surface area (Å²) in [5.74, 6) is -1.24. The SMILES string of the molecule is O=C1C(CS(=O)(=O)Nc2ccc(Br)cc2)=NC(=O)n2cccc21. The highest BCUT2D eigenvalue weighted by molar-refractivity contribution is 9.10. The molecule has 0 fully saturated rings. The summed E-state index contributed by atoms with van der Waals surface area (Å²) in [5, 5.41) is 0. The van der Waals surface area contributed by atoms with Crippen molar-refractivity contribution in [1.29, 1.82) is 0 Å². The van der Waals surface area contributed by atoms with Crippen molar-refractivity contribution in [2.75, 3.05) is 10.5 Å². The summed E-state index contributed by atoms with van der Waals surface area (Å²) in [6.45, 7) is 0. The number of fused-ring (bicyclic) bond motifs is 1. The highest BCUT2D eigenvalue weighted by Gasteiger charge is 2.29. The lowest BCUT2D eigenvalue weighted by molar-refractivity contribution is 0.105. The van der Waals surface area contributed by atoms with Gasteiger partial charge in [-0.05, 0) is 36.4 Å².